The number of hydrogen-bond donors (Lipinski definition) is 2. The summed E-state index contributed by atoms with van der Waals surface area (Å²) in [6, 6.07) is 0. The molecule has 0 aliphatic rings. The highest BCUT2D eigenvalue weighted by Gasteiger charge is 2.21. The van der Waals surface area contributed by atoms with Crippen molar-refractivity contribution in [2.75, 3.05) is 20.6 Å². The lowest BCUT2D eigenvalue weighted by atomic mass is 10.2. The van der Waals surface area contributed by atoms with Gasteiger partial charge in [-0.05, 0) is 34.9 Å². The summed E-state index contributed by atoms with van der Waals surface area (Å²) in [5.74, 6) is -1.18. The van der Waals surface area contributed by atoms with Crippen LogP contribution in [0, 0.1) is 0 Å². The Hall–Kier alpha value is -2.16. The molecule has 0 saturated carbocycles. The molecule has 0 atom stereocenters. The normalized spacial score (nSPS) is 11.5. The quantitative estimate of drug-likeness (QED) is 0.789. The van der Waals surface area contributed by atoms with Gasteiger partial charge in [0.15, 0.2) is 5.69 Å². The zero-order valence-electron chi connectivity index (χ0n) is 13.6. The van der Waals surface area contributed by atoms with E-state index in [1.54, 1.807) is 20.8 Å². The Kier molecular flexibility index (Phi) is 5.86. The van der Waals surface area contributed by atoms with E-state index >= 15 is 0 Å². The van der Waals surface area contributed by atoms with Crippen LogP contribution < -0.4 is 5.32 Å². The minimum absolute atomic E-state index is 0.0169. The van der Waals surface area contributed by atoms with Gasteiger partial charge in [-0.25, -0.2) is 14.3 Å². The predicted molar refractivity (Wildman–Crippen MR) is 78.6 cm³/mol. The Morgan fingerprint density at radius 1 is 1.36 bits per heavy atom. The van der Waals surface area contributed by atoms with Gasteiger partial charge in [-0.1, -0.05) is 5.21 Å². The third kappa shape index (κ3) is 5.68. The number of rotatable bonds is 6. The molecule has 0 aliphatic heterocycles. The Morgan fingerprint density at radius 3 is 2.50 bits per heavy atom. The number of carboxylic acid groups (broad SMARTS) is 1. The number of likely N-dealkylation sites (N-methyl/N-ethyl adjacent to an activating group) is 1. The number of aromatic carboxylic acids is 1. The van der Waals surface area contributed by atoms with Crippen LogP contribution in [0.3, 0.4) is 0 Å². The highest BCUT2D eigenvalue weighted by atomic mass is 16.6. The second kappa shape index (κ2) is 7.21. The average molecular weight is 313 g/mol. The van der Waals surface area contributed by atoms with Crippen LogP contribution in [-0.2, 0) is 17.8 Å². The molecule has 1 aromatic heterocycles. The van der Waals surface area contributed by atoms with Gasteiger partial charge in [0, 0.05) is 6.54 Å². The maximum absolute atomic E-state index is 11.7. The number of nitrogens with zero attached hydrogens (tertiary/aromatic N) is 4. The van der Waals surface area contributed by atoms with Crippen molar-refractivity contribution in [3.05, 3.63) is 11.4 Å². The van der Waals surface area contributed by atoms with E-state index in [9.17, 15) is 9.59 Å². The topological polar surface area (TPSA) is 110 Å². The minimum atomic E-state index is -1.18. The first-order chi connectivity index (χ1) is 10.1. The highest BCUT2D eigenvalue weighted by molar-refractivity contribution is 5.86. The van der Waals surface area contributed by atoms with Gasteiger partial charge in [0.2, 0.25) is 0 Å². The predicted octanol–water partition coefficient (Wildman–Crippen LogP) is 0.563. The summed E-state index contributed by atoms with van der Waals surface area (Å²) in [4.78, 5) is 24.8. The van der Waals surface area contributed by atoms with Crippen LogP contribution in [0.4, 0.5) is 4.79 Å². The lowest BCUT2D eigenvalue weighted by molar-refractivity contribution is 0.0519. The van der Waals surface area contributed by atoms with Crippen molar-refractivity contribution < 1.29 is 19.4 Å². The molecule has 1 rings (SSSR count). The van der Waals surface area contributed by atoms with Crippen molar-refractivity contribution in [1.82, 2.24) is 25.2 Å². The highest BCUT2D eigenvalue weighted by Crippen LogP contribution is 2.09. The molecule has 9 nitrogen and oxygen atoms in total. The number of hydrogen-bond acceptors (Lipinski definition) is 6. The van der Waals surface area contributed by atoms with E-state index in [-0.39, 0.29) is 12.2 Å². The monoisotopic (exact) mass is 313 g/mol. The van der Waals surface area contributed by atoms with Gasteiger partial charge in [0.25, 0.3) is 0 Å². The van der Waals surface area contributed by atoms with Crippen LogP contribution in [-0.4, -0.2) is 63.3 Å². The van der Waals surface area contributed by atoms with Gasteiger partial charge in [0.1, 0.15) is 5.60 Å². The fourth-order valence-corrected chi connectivity index (χ4v) is 1.62. The molecule has 1 amide bonds. The molecule has 0 spiro atoms. The van der Waals surface area contributed by atoms with Crippen LogP contribution >= 0.6 is 0 Å². The van der Waals surface area contributed by atoms with Crippen molar-refractivity contribution in [3.8, 4) is 0 Å². The van der Waals surface area contributed by atoms with E-state index in [0.29, 0.717) is 18.8 Å². The fourth-order valence-electron chi connectivity index (χ4n) is 1.62. The molecule has 0 radical (unpaired) electrons. The number of ether oxygens (including phenoxy) is 1. The number of carbonyl (C=O) groups excluding carboxylic acids is 1. The van der Waals surface area contributed by atoms with Gasteiger partial charge in [-0.3, -0.25) is 0 Å². The average Bonchev–Trinajstić information content (AvgIpc) is 2.74. The van der Waals surface area contributed by atoms with Crippen LogP contribution in [0.1, 0.15) is 37.0 Å². The molecular weight excluding hydrogens is 290 g/mol. The lowest BCUT2D eigenvalue weighted by Gasteiger charge is -2.19. The molecule has 0 fully saturated rings. The first kappa shape index (κ1) is 17.9. The number of aromatic nitrogens is 3. The van der Waals surface area contributed by atoms with E-state index in [2.05, 4.69) is 15.6 Å². The standard InChI is InChI=1S/C13H23N5O4/c1-13(2,3)22-12(21)14-8-9-10(11(19)20)15-16-18(9)7-6-17(4)5/h6-8H2,1-5H3,(H,14,21)(H,19,20). The molecule has 0 aromatic carbocycles. The molecule has 1 aromatic rings. The van der Waals surface area contributed by atoms with Crippen molar-refractivity contribution >= 4 is 12.1 Å². The largest absolute Gasteiger partial charge is 0.476 e. The third-order valence-electron chi connectivity index (χ3n) is 2.60. The summed E-state index contributed by atoms with van der Waals surface area (Å²) < 4.78 is 6.59. The zero-order chi connectivity index (χ0) is 16.9. The SMILES string of the molecule is CN(C)CCn1nnc(C(=O)O)c1CNC(=O)OC(C)(C)C. The fraction of sp³-hybridized carbons (Fsp3) is 0.692. The third-order valence-corrected chi connectivity index (χ3v) is 2.60. The molecule has 0 bridgehead atoms. The number of nitrogens with one attached hydrogen (secondary N) is 1. The summed E-state index contributed by atoms with van der Waals surface area (Å²) >= 11 is 0. The molecule has 0 unspecified atom stereocenters. The van der Waals surface area contributed by atoms with E-state index in [1.165, 1.54) is 4.68 Å². The maximum Gasteiger partial charge on any atom is 0.407 e. The molecule has 22 heavy (non-hydrogen) atoms. The second-order valence-electron chi connectivity index (χ2n) is 6.07. The van der Waals surface area contributed by atoms with Gasteiger partial charge in [-0.2, -0.15) is 0 Å². The van der Waals surface area contributed by atoms with E-state index in [0.717, 1.165) is 0 Å². The van der Waals surface area contributed by atoms with Gasteiger partial charge in [-0.15, -0.1) is 5.10 Å². The van der Waals surface area contributed by atoms with Crippen molar-refractivity contribution in [1.29, 1.82) is 0 Å². The van der Waals surface area contributed by atoms with Gasteiger partial charge >= 0.3 is 12.1 Å². The number of carbonyl (C=O) groups is 2. The van der Waals surface area contributed by atoms with E-state index in [4.69, 9.17) is 9.84 Å². The van der Waals surface area contributed by atoms with E-state index < -0.39 is 17.7 Å². The van der Waals surface area contributed by atoms with Crippen LogP contribution in [0.2, 0.25) is 0 Å². The molecule has 9 heteroatoms. The Labute approximate surface area is 129 Å². The smallest absolute Gasteiger partial charge is 0.407 e. The zero-order valence-corrected chi connectivity index (χ0v) is 13.6. The van der Waals surface area contributed by atoms with Crippen molar-refractivity contribution in [2.24, 2.45) is 0 Å². The molecule has 1 heterocycles. The summed E-state index contributed by atoms with van der Waals surface area (Å²) in [6.07, 6.45) is -0.621. The summed E-state index contributed by atoms with van der Waals surface area (Å²) in [6.45, 7) is 6.37. The molecule has 124 valence electrons. The minimum Gasteiger partial charge on any atom is -0.476 e. The molecular formula is C13H23N5O4. The molecule has 0 aliphatic carbocycles. The first-order valence-corrected chi connectivity index (χ1v) is 6.87. The van der Waals surface area contributed by atoms with Crippen molar-refractivity contribution in [2.45, 2.75) is 39.5 Å². The first-order valence-electron chi connectivity index (χ1n) is 6.87. The molecule has 2 N–H and O–H groups in total. The Morgan fingerprint density at radius 2 is 2.00 bits per heavy atom. The number of carboxylic acids is 1. The van der Waals surface area contributed by atoms with Crippen LogP contribution in [0.25, 0.3) is 0 Å². The summed E-state index contributed by atoms with van der Waals surface area (Å²) in [7, 11) is 3.79. The van der Waals surface area contributed by atoms with Gasteiger partial charge < -0.3 is 20.1 Å². The van der Waals surface area contributed by atoms with Crippen LogP contribution in [0.5, 0.6) is 0 Å². The summed E-state index contributed by atoms with van der Waals surface area (Å²) in [5.41, 5.74) is -0.460. The Balaban J connectivity index is 2.80. The van der Waals surface area contributed by atoms with Gasteiger partial charge in [0.05, 0.1) is 18.8 Å². The maximum atomic E-state index is 11.7. The lowest BCUT2D eigenvalue weighted by Crippen LogP contribution is -2.33. The van der Waals surface area contributed by atoms with E-state index in [1.807, 2.05) is 19.0 Å². The van der Waals surface area contributed by atoms with Crippen molar-refractivity contribution in [3.63, 3.8) is 0 Å². The number of alkyl carbamates (subject to hydrolysis) is 1. The number of amides is 1. The Bertz CT molecular complexity index is 533. The summed E-state index contributed by atoms with van der Waals surface area (Å²) in [5, 5.41) is 19.1. The second-order valence-corrected chi connectivity index (χ2v) is 6.07. The van der Waals surface area contributed by atoms with Crippen LogP contribution in [0.15, 0.2) is 0 Å². The molecule has 0 saturated heterocycles.